The van der Waals surface area contributed by atoms with E-state index in [0.29, 0.717) is 21.5 Å². The van der Waals surface area contributed by atoms with E-state index in [4.69, 9.17) is 23.2 Å². The predicted octanol–water partition coefficient (Wildman–Crippen LogP) is 4.95. The summed E-state index contributed by atoms with van der Waals surface area (Å²) in [5.74, 6) is 0.772. The number of hydrogen-bond acceptors (Lipinski definition) is 1. The first-order valence-corrected chi connectivity index (χ1v) is 7.87. The number of benzene rings is 1. The molecule has 0 heterocycles. The van der Waals surface area contributed by atoms with Gasteiger partial charge in [-0.1, -0.05) is 50.0 Å². The molecule has 1 fully saturated rings. The minimum absolute atomic E-state index is 0.488. The van der Waals surface area contributed by atoms with Crippen LogP contribution < -0.4 is 5.32 Å². The van der Waals surface area contributed by atoms with Crippen LogP contribution in [0.3, 0.4) is 0 Å². The quantitative estimate of drug-likeness (QED) is 0.783. The molecule has 0 aromatic heterocycles. The molecule has 19 heavy (non-hydrogen) atoms. The molecule has 1 aromatic carbocycles. The molecule has 106 valence electrons. The fraction of sp³-hybridized carbons (Fsp3) is 0.625. The monoisotopic (exact) mass is 299 g/mol. The van der Waals surface area contributed by atoms with Crippen molar-refractivity contribution in [3.63, 3.8) is 0 Å². The Balaban J connectivity index is 2.05. The molecule has 0 bridgehead atoms. The van der Waals surface area contributed by atoms with Gasteiger partial charge in [-0.15, -0.1) is 0 Å². The Bertz CT molecular complexity index is 442. The first-order chi connectivity index (χ1) is 8.94. The van der Waals surface area contributed by atoms with Crippen LogP contribution in [0.4, 0.5) is 0 Å². The Morgan fingerprint density at radius 1 is 1.32 bits per heavy atom. The van der Waals surface area contributed by atoms with Gasteiger partial charge in [-0.2, -0.15) is 0 Å². The Morgan fingerprint density at radius 3 is 2.53 bits per heavy atom. The summed E-state index contributed by atoms with van der Waals surface area (Å²) in [4.78, 5) is 0. The first-order valence-electron chi connectivity index (χ1n) is 7.11. The van der Waals surface area contributed by atoms with Crippen molar-refractivity contribution in [2.24, 2.45) is 11.3 Å². The molecule has 2 unspecified atom stereocenters. The summed E-state index contributed by atoms with van der Waals surface area (Å²) in [5, 5.41) is 4.98. The minimum Gasteiger partial charge on any atom is -0.313 e. The van der Waals surface area contributed by atoms with Gasteiger partial charge in [0, 0.05) is 6.04 Å². The van der Waals surface area contributed by atoms with E-state index in [1.807, 2.05) is 12.1 Å². The lowest BCUT2D eigenvalue weighted by Gasteiger charge is -2.20. The van der Waals surface area contributed by atoms with Gasteiger partial charge in [0.1, 0.15) is 0 Å². The second kappa shape index (κ2) is 6.03. The van der Waals surface area contributed by atoms with E-state index >= 15 is 0 Å². The third-order valence-electron chi connectivity index (χ3n) is 4.17. The van der Waals surface area contributed by atoms with Crippen LogP contribution in [0.5, 0.6) is 0 Å². The molecule has 2 atom stereocenters. The summed E-state index contributed by atoms with van der Waals surface area (Å²) >= 11 is 12.1. The zero-order valence-electron chi connectivity index (χ0n) is 12.0. The number of halogens is 2. The van der Waals surface area contributed by atoms with Crippen molar-refractivity contribution in [1.82, 2.24) is 5.32 Å². The molecule has 1 aliphatic carbocycles. The maximum atomic E-state index is 6.10. The fourth-order valence-corrected chi connectivity index (χ4v) is 3.12. The molecule has 0 radical (unpaired) electrons. The highest BCUT2D eigenvalue weighted by Crippen LogP contribution is 2.54. The smallest absolute Gasteiger partial charge is 0.0595 e. The zero-order valence-corrected chi connectivity index (χ0v) is 13.5. The molecule has 2 rings (SSSR count). The zero-order chi connectivity index (χ0) is 14.0. The molecule has 0 spiro atoms. The summed E-state index contributed by atoms with van der Waals surface area (Å²) < 4.78 is 0. The van der Waals surface area contributed by atoms with E-state index in [1.165, 1.54) is 18.4 Å². The van der Waals surface area contributed by atoms with Gasteiger partial charge in [0.05, 0.1) is 10.0 Å². The highest BCUT2D eigenvalue weighted by Gasteiger charge is 2.49. The van der Waals surface area contributed by atoms with Gasteiger partial charge in [-0.05, 0) is 54.8 Å². The predicted molar refractivity (Wildman–Crippen MR) is 84.1 cm³/mol. The minimum atomic E-state index is 0.488. The summed E-state index contributed by atoms with van der Waals surface area (Å²) in [6.07, 6.45) is 3.52. The van der Waals surface area contributed by atoms with Gasteiger partial charge in [-0.25, -0.2) is 0 Å². The third kappa shape index (κ3) is 3.87. The van der Waals surface area contributed by atoms with Crippen molar-refractivity contribution >= 4 is 23.2 Å². The molecule has 0 saturated heterocycles. The van der Waals surface area contributed by atoms with Gasteiger partial charge in [0.2, 0.25) is 0 Å². The lowest BCUT2D eigenvalue weighted by molar-refractivity contribution is 0.402. The Labute approximate surface area is 126 Å². The van der Waals surface area contributed by atoms with Crippen molar-refractivity contribution in [3.05, 3.63) is 33.8 Å². The maximum Gasteiger partial charge on any atom is 0.0595 e. The van der Waals surface area contributed by atoms with Crippen LogP contribution in [0.1, 0.15) is 39.2 Å². The first kappa shape index (κ1) is 15.2. The lowest BCUT2D eigenvalue weighted by atomic mass is 9.97. The van der Waals surface area contributed by atoms with Crippen molar-refractivity contribution < 1.29 is 0 Å². The topological polar surface area (TPSA) is 12.0 Å². The van der Waals surface area contributed by atoms with E-state index in [2.05, 4.69) is 32.2 Å². The summed E-state index contributed by atoms with van der Waals surface area (Å²) in [6, 6.07) is 6.53. The number of hydrogen-bond donors (Lipinski definition) is 1. The molecule has 0 amide bonds. The van der Waals surface area contributed by atoms with E-state index in [0.717, 1.165) is 18.9 Å². The second-order valence-electron chi connectivity index (χ2n) is 6.31. The molecular formula is C16H23Cl2N. The second-order valence-corrected chi connectivity index (χ2v) is 7.13. The van der Waals surface area contributed by atoms with E-state index in [9.17, 15) is 0 Å². The van der Waals surface area contributed by atoms with Crippen molar-refractivity contribution in [2.45, 2.75) is 46.1 Å². The molecular weight excluding hydrogens is 277 g/mol. The number of nitrogens with one attached hydrogen (secondary N) is 1. The summed E-state index contributed by atoms with van der Waals surface area (Å²) in [6.45, 7) is 8.00. The van der Waals surface area contributed by atoms with Crippen LogP contribution in [0.25, 0.3) is 0 Å². The molecule has 1 aromatic rings. The number of rotatable bonds is 6. The van der Waals surface area contributed by atoms with Gasteiger partial charge >= 0.3 is 0 Å². The van der Waals surface area contributed by atoms with E-state index in [-0.39, 0.29) is 0 Å². The molecule has 1 saturated carbocycles. The van der Waals surface area contributed by atoms with Crippen LogP contribution in [-0.4, -0.2) is 12.6 Å². The average Bonchev–Trinajstić information content (AvgIpc) is 2.98. The van der Waals surface area contributed by atoms with Gasteiger partial charge < -0.3 is 5.32 Å². The van der Waals surface area contributed by atoms with Gasteiger partial charge in [0.25, 0.3) is 0 Å². The third-order valence-corrected chi connectivity index (χ3v) is 4.91. The van der Waals surface area contributed by atoms with Crippen molar-refractivity contribution in [1.29, 1.82) is 0 Å². The van der Waals surface area contributed by atoms with Crippen LogP contribution in [0.15, 0.2) is 18.2 Å². The molecule has 0 aliphatic heterocycles. The van der Waals surface area contributed by atoms with Gasteiger partial charge in [0.15, 0.2) is 0 Å². The maximum absolute atomic E-state index is 6.10. The van der Waals surface area contributed by atoms with Crippen LogP contribution >= 0.6 is 23.2 Å². The largest absolute Gasteiger partial charge is 0.313 e. The molecule has 3 heteroatoms. The fourth-order valence-electron chi connectivity index (χ4n) is 2.80. The lowest BCUT2D eigenvalue weighted by Crippen LogP contribution is -2.35. The SMILES string of the molecule is CCCNC(Cc1ccc(Cl)c(Cl)c1)C1CC1(C)C. The van der Waals surface area contributed by atoms with E-state index < -0.39 is 0 Å². The molecule has 1 N–H and O–H groups in total. The van der Waals surface area contributed by atoms with Gasteiger partial charge in [-0.3, -0.25) is 0 Å². The Morgan fingerprint density at radius 2 is 2.00 bits per heavy atom. The standard InChI is InChI=1S/C16H23Cl2N/c1-4-7-19-15(12-10-16(12,2)3)9-11-5-6-13(17)14(18)8-11/h5-6,8,12,15,19H,4,7,9-10H2,1-3H3. The van der Waals surface area contributed by atoms with Crippen LogP contribution in [-0.2, 0) is 6.42 Å². The van der Waals surface area contributed by atoms with Crippen molar-refractivity contribution in [2.75, 3.05) is 6.54 Å². The summed E-state index contributed by atoms with van der Waals surface area (Å²) in [7, 11) is 0. The van der Waals surface area contributed by atoms with E-state index in [1.54, 1.807) is 0 Å². The average molecular weight is 300 g/mol. The normalized spacial score (nSPS) is 22.3. The highest BCUT2D eigenvalue weighted by atomic mass is 35.5. The van der Waals surface area contributed by atoms with Crippen LogP contribution in [0.2, 0.25) is 10.0 Å². The Kier molecular flexibility index (Phi) is 4.81. The Hall–Kier alpha value is -0.240. The molecule has 1 aliphatic rings. The van der Waals surface area contributed by atoms with Crippen molar-refractivity contribution in [3.8, 4) is 0 Å². The highest BCUT2D eigenvalue weighted by molar-refractivity contribution is 6.42. The van der Waals surface area contributed by atoms with Crippen LogP contribution in [0, 0.1) is 11.3 Å². The molecule has 1 nitrogen and oxygen atoms in total. The summed E-state index contributed by atoms with van der Waals surface area (Å²) in [5.41, 5.74) is 1.76.